The van der Waals surface area contributed by atoms with E-state index in [1.54, 1.807) is 6.07 Å². The number of nitro groups is 1. The molecule has 24 heavy (non-hydrogen) atoms. The van der Waals surface area contributed by atoms with Crippen molar-refractivity contribution in [2.75, 3.05) is 6.54 Å². The van der Waals surface area contributed by atoms with E-state index >= 15 is 0 Å². The van der Waals surface area contributed by atoms with E-state index in [1.165, 1.54) is 29.3 Å². The normalized spacial score (nSPS) is 10.6. The van der Waals surface area contributed by atoms with Crippen molar-refractivity contribution in [1.29, 1.82) is 0 Å². The minimum absolute atomic E-state index is 0.0760. The first-order valence-corrected chi connectivity index (χ1v) is 8.09. The van der Waals surface area contributed by atoms with Crippen LogP contribution in [-0.4, -0.2) is 17.4 Å². The van der Waals surface area contributed by atoms with Crippen LogP contribution in [0.15, 0.2) is 48.5 Å². The number of hydrogen-bond acceptors (Lipinski definition) is 3. The van der Waals surface area contributed by atoms with Gasteiger partial charge in [-0.3, -0.25) is 14.9 Å². The molecule has 1 N–H and O–H groups in total. The zero-order valence-corrected chi connectivity index (χ0v) is 14.0. The number of non-ortho nitro benzene ring substituents is 1. The van der Waals surface area contributed by atoms with Gasteiger partial charge >= 0.3 is 0 Å². The third kappa shape index (κ3) is 4.91. The molecule has 1 amide bonds. The lowest BCUT2D eigenvalue weighted by Gasteiger charge is -2.08. The Kier molecular flexibility index (Phi) is 6.07. The molecule has 0 unspecified atom stereocenters. The Morgan fingerprint density at radius 2 is 1.88 bits per heavy atom. The number of nitro benzene ring substituents is 1. The molecule has 0 saturated heterocycles. The van der Waals surface area contributed by atoms with Gasteiger partial charge < -0.3 is 5.32 Å². The van der Waals surface area contributed by atoms with Crippen LogP contribution in [0.3, 0.4) is 0 Å². The van der Waals surface area contributed by atoms with Gasteiger partial charge in [0.1, 0.15) is 0 Å². The van der Waals surface area contributed by atoms with E-state index in [1.807, 2.05) is 0 Å². The fourth-order valence-corrected chi connectivity index (χ4v) is 2.43. The second-order valence-corrected chi connectivity index (χ2v) is 6.06. The molecule has 0 bridgehead atoms. The number of carbonyl (C=O) groups is 1. The smallest absolute Gasteiger partial charge is 0.270 e. The molecule has 0 aliphatic rings. The predicted octanol–water partition coefficient (Wildman–Crippen LogP) is 4.08. The second kappa shape index (κ2) is 8.24. The molecule has 2 rings (SSSR count). The first-order valence-electron chi connectivity index (χ1n) is 8.09. The maximum atomic E-state index is 12.0. The van der Waals surface area contributed by atoms with Crippen LogP contribution in [0.4, 0.5) is 5.69 Å². The van der Waals surface area contributed by atoms with Crippen LogP contribution in [0.1, 0.15) is 47.7 Å². The van der Waals surface area contributed by atoms with Crippen LogP contribution in [0.2, 0.25) is 0 Å². The van der Waals surface area contributed by atoms with E-state index in [2.05, 4.69) is 43.4 Å². The Morgan fingerprint density at radius 3 is 2.50 bits per heavy atom. The number of aryl methyl sites for hydroxylation is 1. The zero-order valence-electron chi connectivity index (χ0n) is 14.0. The van der Waals surface area contributed by atoms with Gasteiger partial charge in [-0.15, -0.1) is 0 Å². The van der Waals surface area contributed by atoms with E-state index in [0.717, 1.165) is 12.8 Å². The maximum absolute atomic E-state index is 12.0. The van der Waals surface area contributed by atoms with Crippen molar-refractivity contribution in [3.63, 3.8) is 0 Å². The van der Waals surface area contributed by atoms with Crippen molar-refractivity contribution in [2.24, 2.45) is 0 Å². The monoisotopic (exact) mass is 326 g/mol. The topological polar surface area (TPSA) is 72.2 Å². The second-order valence-electron chi connectivity index (χ2n) is 6.06. The average Bonchev–Trinajstić information content (AvgIpc) is 2.59. The standard InChI is InChI=1S/C19H22N2O3/c1-14(2)16-10-8-15(9-11-16)5-4-12-20-19(22)17-6-3-7-18(13-17)21(23)24/h3,6-11,13-14H,4-5,12H2,1-2H3,(H,20,22). The predicted molar refractivity (Wildman–Crippen MR) is 94.3 cm³/mol. The molecule has 0 atom stereocenters. The highest BCUT2D eigenvalue weighted by atomic mass is 16.6. The van der Waals surface area contributed by atoms with Crippen LogP contribution < -0.4 is 5.32 Å². The van der Waals surface area contributed by atoms with Gasteiger partial charge in [0.05, 0.1) is 4.92 Å². The molecule has 2 aromatic carbocycles. The number of nitrogens with zero attached hydrogens (tertiary/aromatic N) is 1. The number of carbonyl (C=O) groups excluding carboxylic acids is 1. The van der Waals surface area contributed by atoms with Gasteiger partial charge in [-0.25, -0.2) is 0 Å². The highest BCUT2D eigenvalue weighted by Gasteiger charge is 2.10. The highest BCUT2D eigenvalue weighted by molar-refractivity contribution is 5.94. The molecule has 0 heterocycles. The molecule has 126 valence electrons. The Hall–Kier alpha value is -2.69. The van der Waals surface area contributed by atoms with E-state index in [4.69, 9.17) is 0 Å². The third-order valence-corrected chi connectivity index (χ3v) is 3.89. The van der Waals surface area contributed by atoms with Gasteiger partial charge in [0.25, 0.3) is 11.6 Å². The number of rotatable bonds is 7. The average molecular weight is 326 g/mol. The maximum Gasteiger partial charge on any atom is 0.270 e. The lowest BCUT2D eigenvalue weighted by Crippen LogP contribution is -2.24. The van der Waals surface area contributed by atoms with Crippen LogP contribution in [0.25, 0.3) is 0 Å². The molecule has 0 aromatic heterocycles. The molecule has 5 heteroatoms. The van der Waals surface area contributed by atoms with Gasteiger partial charge in [0.15, 0.2) is 0 Å². The third-order valence-electron chi connectivity index (χ3n) is 3.89. The minimum atomic E-state index is -0.502. The first-order chi connectivity index (χ1) is 11.5. The fourth-order valence-electron chi connectivity index (χ4n) is 2.43. The molecule has 0 radical (unpaired) electrons. The molecule has 5 nitrogen and oxygen atoms in total. The molecule has 0 aliphatic heterocycles. The Labute approximate surface area is 141 Å². The van der Waals surface area contributed by atoms with E-state index < -0.39 is 4.92 Å². The molecular weight excluding hydrogens is 304 g/mol. The van der Waals surface area contributed by atoms with E-state index in [9.17, 15) is 14.9 Å². The molecule has 2 aromatic rings. The zero-order chi connectivity index (χ0) is 17.5. The van der Waals surface area contributed by atoms with Crippen LogP contribution in [-0.2, 0) is 6.42 Å². The summed E-state index contributed by atoms with van der Waals surface area (Å²) in [5, 5.41) is 13.5. The van der Waals surface area contributed by atoms with Gasteiger partial charge in [-0.1, -0.05) is 44.2 Å². The quantitative estimate of drug-likeness (QED) is 0.473. The molecular formula is C19H22N2O3. The van der Waals surface area contributed by atoms with Crippen molar-refractivity contribution in [1.82, 2.24) is 5.32 Å². The minimum Gasteiger partial charge on any atom is -0.352 e. The number of nitrogens with one attached hydrogen (secondary N) is 1. The molecule has 0 fully saturated rings. The summed E-state index contributed by atoms with van der Waals surface area (Å²) in [6.45, 7) is 4.87. The van der Waals surface area contributed by atoms with Crippen molar-refractivity contribution in [3.8, 4) is 0 Å². The van der Waals surface area contributed by atoms with Crippen molar-refractivity contribution >= 4 is 11.6 Å². The van der Waals surface area contributed by atoms with Crippen LogP contribution in [0, 0.1) is 10.1 Å². The SMILES string of the molecule is CC(C)c1ccc(CCCNC(=O)c2cccc([N+](=O)[O-])c2)cc1. The van der Waals surface area contributed by atoms with Crippen LogP contribution in [0.5, 0.6) is 0 Å². The lowest BCUT2D eigenvalue weighted by atomic mass is 10.0. The lowest BCUT2D eigenvalue weighted by molar-refractivity contribution is -0.384. The van der Waals surface area contributed by atoms with Gasteiger partial charge in [0.2, 0.25) is 0 Å². The van der Waals surface area contributed by atoms with E-state index in [-0.39, 0.29) is 11.6 Å². The largest absolute Gasteiger partial charge is 0.352 e. The summed E-state index contributed by atoms with van der Waals surface area (Å²) in [5.74, 6) is 0.238. The summed E-state index contributed by atoms with van der Waals surface area (Å²) in [4.78, 5) is 22.2. The number of amides is 1. The van der Waals surface area contributed by atoms with E-state index in [0.29, 0.717) is 18.0 Å². The first kappa shape index (κ1) is 17.7. The summed E-state index contributed by atoms with van der Waals surface area (Å²) >= 11 is 0. The summed E-state index contributed by atoms with van der Waals surface area (Å²) in [5.41, 5.74) is 2.79. The number of hydrogen-bond donors (Lipinski definition) is 1. The highest BCUT2D eigenvalue weighted by Crippen LogP contribution is 2.15. The van der Waals surface area contributed by atoms with Crippen molar-refractivity contribution in [3.05, 3.63) is 75.3 Å². The summed E-state index contributed by atoms with van der Waals surface area (Å²) in [6, 6.07) is 14.3. The Morgan fingerprint density at radius 1 is 1.17 bits per heavy atom. The fraction of sp³-hybridized carbons (Fsp3) is 0.316. The van der Waals surface area contributed by atoms with Crippen LogP contribution >= 0.6 is 0 Å². The summed E-state index contributed by atoms with van der Waals surface area (Å²) < 4.78 is 0. The molecule has 0 spiro atoms. The molecule has 0 saturated carbocycles. The Balaban J connectivity index is 1.80. The number of benzene rings is 2. The van der Waals surface area contributed by atoms with Crippen molar-refractivity contribution in [2.45, 2.75) is 32.6 Å². The summed E-state index contributed by atoms with van der Waals surface area (Å²) in [7, 11) is 0. The van der Waals surface area contributed by atoms with Gasteiger partial charge in [0, 0.05) is 24.2 Å². The summed E-state index contributed by atoms with van der Waals surface area (Å²) in [6.07, 6.45) is 1.70. The van der Waals surface area contributed by atoms with Gasteiger partial charge in [-0.05, 0) is 36.0 Å². The Bertz CT molecular complexity index is 709. The van der Waals surface area contributed by atoms with Crippen molar-refractivity contribution < 1.29 is 9.72 Å². The molecule has 0 aliphatic carbocycles. The van der Waals surface area contributed by atoms with Gasteiger partial charge in [-0.2, -0.15) is 0 Å².